The van der Waals surface area contributed by atoms with E-state index in [1.807, 2.05) is 31.2 Å². The maximum atomic E-state index is 13.4. The van der Waals surface area contributed by atoms with Crippen molar-refractivity contribution in [3.8, 4) is 5.69 Å². The van der Waals surface area contributed by atoms with Gasteiger partial charge in [-0.1, -0.05) is 30.4 Å². The standard InChI is InChI=1S/C28H30N4O3/c1-18-10-11-21(28(34)31-22-12-13-22)15-25(18)32-27(29)24(16-30-32)26(33)20-8-5-9-23(14-20)35-17-19-6-3-2-4-7-19/h3,5-7,9-11,14-16,20,22H,2,4,8,12-13,17,29H2,1H3,(H,31,34). The zero-order chi connectivity index (χ0) is 24.4. The van der Waals surface area contributed by atoms with E-state index >= 15 is 0 Å². The van der Waals surface area contributed by atoms with Crippen LogP contribution in [0, 0.1) is 12.8 Å². The van der Waals surface area contributed by atoms with Gasteiger partial charge in [-0.15, -0.1) is 0 Å². The summed E-state index contributed by atoms with van der Waals surface area (Å²) < 4.78 is 7.48. The van der Waals surface area contributed by atoms with Crippen LogP contribution in [0.15, 0.2) is 72.2 Å². The Morgan fingerprint density at radius 1 is 1.20 bits per heavy atom. The van der Waals surface area contributed by atoms with Gasteiger partial charge in [0.1, 0.15) is 18.2 Å². The predicted octanol–water partition coefficient (Wildman–Crippen LogP) is 4.59. The van der Waals surface area contributed by atoms with Crippen LogP contribution in [-0.2, 0) is 4.74 Å². The molecule has 3 aliphatic carbocycles. The zero-order valence-electron chi connectivity index (χ0n) is 19.9. The molecule has 35 heavy (non-hydrogen) atoms. The van der Waals surface area contributed by atoms with Crippen molar-refractivity contribution in [2.45, 2.75) is 45.1 Å². The molecule has 180 valence electrons. The number of hydrogen-bond donors (Lipinski definition) is 2. The number of aromatic nitrogens is 2. The van der Waals surface area contributed by atoms with Crippen LogP contribution in [-0.4, -0.2) is 34.1 Å². The summed E-state index contributed by atoms with van der Waals surface area (Å²) in [4.78, 5) is 25.9. The molecule has 1 unspecified atom stereocenters. The van der Waals surface area contributed by atoms with E-state index in [4.69, 9.17) is 10.5 Å². The molecule has 0 aliphatic heterocycles. The molecule has 1 aromatic heterocycles. The SMILES string of the molecule is Cc1ccc(C(=O)NC2CC2)cc1-n1ncc(C(=O)C2C=C(OCC3=CCCC=C3)C=CC2)c1N. The van der Waals surface area contributed by atoms with Crippen molar-refractivity contribution in [3.63, 3.8) is 0 Å². The lowest BCUT2D eigenvalue weighted by Gasteiger charge is -2.17. The van der Waals surface area contributed by atoms with Gasteiger partial charge in [0.2, 0.25) is 0 Å². The molecule has 1 aromatic carbocycles. The number of nitrogens with zero attached hydrogens (tertiary/aromatic N) is 2. The summed E-state index contributed by atoms with van der Waals surface area (Å²) in [5, 5.41) is 7.41. The van der Waals surface area contributed by atoms with Crippen molar-refractivity contribution in [1.82, 2.24) is 15.1 Å². The second-order valence-electron chi connectivity index (χ2n) is 9.33. The molecule has 7 heteroatoms. The van der Waals surface area contributed by atoms with Crippen LogP contribution >= 0.6 is 0 Å². The van der Waals surface area contributed by atoms with Gasteiger partial charge in [0, 0.05) is 17.5 Å². The third kappa shape index (κ3) is 5.14. The van der Waals surface area contributed by atoms with E-state index < -0.39 is 0 Å². The molecule has 0 bridgehead atoms. The quantitative estimate of drug-likeness (QED) is 0.550. The molecule has 0 spiro atoms. The zero-order valence-corrected chi connectivity index (χ0v) is 19.9. The maximum Gasteiger partial charge on any atom is 0.251 e. The average Bonchev–Trinajstić information content (AvgIpc) is 3.62. The predicted molar refractivity (Wildman–Crippen MR) is 135 cm³/mol. The number of amides is 1. The smallest absolute Gasteiger partial charge is 0.251 e. The minimum atomic E-state index is -0.373. The second-order valence-corrected chi connectivity index (χ2v) is 9.33. The number of hydrogen-bond acceptors (Lipinski definition) is 5. The first-order valence-electron chi connectivity index (χ1n) is 12.2. The molecule has 1 fully saturated rings. The number of nitrogen functional groups attached to an aromatic ring is 1. The maximum absolute atomic E-state index is 13.4. The Balaban J connectivity index is 1.33. The van der Waals surface area contributed by atoms with Crippen molar-refractivity contribution in [1.29, 1.82) is 0 Å². The topological polar surface area (TPSA) is 99.2 Å². The summed E-state index contributed by atoms with van der Waals surface area (Å²) in [6.45, 7) is 2.41. The first-order valence-corrected chi connectivity index (χ1v) is 12.2. The monoisotopic (exact) mass is 470 g/mol. The lowest BCUT2D eigenvalue weighted by Crippen LogP contribution is -2.25. The van der Waals surface area contributed by atoms with Crippen LogP contribution < -0.4 is 11.1 Å². The van der Waals surface area contributed by atoms with Gasteiger partial charge in [-0.2, -0.15) is 5.10 Å². The van der Waals surface area contributed by atoms with Gasteiger partial charge in [-0.3, -0.25) is 9.59 Å². The van der Waals surface area contributed by atoms with E-state index in [0.29, 0.717) is 35.6 Å². The molecule has 0 saturated heterocycles. The molecule has 1 amide bonds. The molecule has 7 nitrogen and oxygen atoms in total. The fraction of sp³-hybridized carbons (Fsp3) is 0.321. The third-order valence-electron chi connectivity index (χ3n) is 6.54. The van der Waals surface area contributed by atoms with Crippen molar-refractivity contribution in [2.75, 3.05) is 12.3 Å². The van der Waals surface area contributed by atoms with E-state index in [-0.39, 0.29) is 29.5 Å². The van der Waals surface area contributed by atoms with Gasteiger partial charge in [0.25, 0.3) is 5.91 Å². The van der Waals surface area contributed by atoms with Gasteiger partial charge >= 0.3 is 0 Å². The Hall–Kier alpha value is -3.87. The number of aryl methyl sites for hydroxylation is 1. The number of ether oxygens (including phenoxy) is 1. The normalized spacial score (nSPS) is 19.2. The molecule has 3 N–H and O–H groups in total. The van der Waals surface area contributed by atoms with Gasteiger partial charge in [-0.25, -0.2) is 4.68 Å². The number of carbonyl (C=O) groups is 2. The summed E-state index contributed by atoms with van der Waals surface area (Å²) in [5.74, 6) is 0.368. The highest BCUT2D eigenvalue weighted by atomic mass is 16.5. The van der Waals surface area contributed by atoms with E-state index in [2.05, 4.69) is 28.6 Å². The molecular formula is C28H30N4O3. The molecule has 1 saturated carbocycles. The molecular weight excluding hydrogens is 440 g/mol. The van der Waals surface area contributed by atoms with E-state index in [1.165, 1.54) is 10.9 Å². The highest BCUT2D eigenvalue weighted by molar-refractivity contribution is 6.03. The van der Waals surface area contributed by atoms with Gasteiger partial charge < -0.3 is 15.8 Å². The summed E-state index contributed by atoms with van der Waals surface area (Å²) in [6.07, 6.45) is 18.4. The Labute approximate surface area is 205 Å². The first-order chi connectivity index (χ1) is 17.0. The first kappa shape index (κ1) is 22.9. The van der Waals surface area contributed by atoms with Crippen LogP contribution in [0.5, 0.6) is 0 Å². The summed E-state index contributed by atoms with van der Waals surface area (Å²) in [5.41, 5.74) is 10.1. The van der Waals surface area contributed by atoms with Crippen LogP contribution in [0.3, 0.4) is 0 Å². The Kier molecular flexibility index (Phi) is 6.40. The number of benzene rings is 1. The number of rotatable bonds is 8. The van der Waals surface area contributed by atoms with E-state index in [1.54, 1.807) is 12.1 Å². The highest BCUT2D eigenvalue weighted by Crippen LogP contribution is 2.28. The fourth-order valence-electron chi connectivity index (χ4n) is 4.29. The molecule has 3 aliphatic rings. The average molecular weight is 471 g/mol. The van der Waals surface area contributed by atoms with Gasteiger partial charge in [0.05, 0.1) is 17.4 Å². The highest BCUT2D eigenvalue weighted by Gasteiger charge is 2.26. The Morgan fingerprint density at radius 3 is 2.83 bits per heavy atom. The molecule has 1 atom stereocenters. The van der Waals surface area contributed by atoms with Crippen LogP contribution in [0.2, 0.25) is 0 Å². The van der Waals surface area contributed by atoms with Crippen LogP contribution in [0.1, 0.15) is 58.4 Å². The number of nitrogens with two attached hydrogens (primary N) is 1. The summed E-state index contributed by atoms with van der Waals surface area (Å²) >= 11 is 0. The number of Topliss-reactive ketones (excluding diaryl/α,β-unsaturated/α-hetero) is 1. The van der Waals surface area contributed by atoms with Crippen molar-refractivity contribution in [3.05, 3.63) is 88.9 Å². The largest absolute Gasteiger partial charge is 0.489 e. The van der Waals surface area contributed by atoms with E-state index in [9.17, 15) is 9.59 Å². The molecule has 0 radical (unpaired) electrons. The lowest BCUT2D eigenvalue weighted by atomic mass is 9.92. The lowest BCUT2D eigenvalue weighted by molar-refractivity contribution is 0.0937. The number of carbonyl (C=O) groups excluding carboxylic acids is 2. The third-order valence-corrected chi connectivity index (χ3v) is 6.54. The van der Waals surface area contributed by atoms with Crippen LogP contribution in [0.25, 0.3) is 5.69 Å². The second kappa shape index (κ2) is 9.78. The molecule has 1 heterocycles. The van der Waals surface area contributed by atoms with Crippen molar-refractivity contribution >= 4 is 17.5 Å². The summed E-state index contributed by atoms with van der Waals surface area (Å²) in [6, 6.07) is 5.71. The van der Waals surface area contributed by atoms with Gasteiger partial charge in [0.15, 0.2) is 5.78 Å². The minimum Gasteiger partial charge on any atom is -0.489 e. The number of anilines is 1. The van der Waals surface area contributed by atoms with Crippen molar-refractivity contribution < 1.29 is 14.3 Å². The van der Waals surface area contributed by atoms with E-state index in [0.717, 1.165) is 36.8 Å². The Morgan fingerprint density at radius 2 is 2.06 bits per heavy atom. The Bertz CT molecular complexity index is 1280. The minimum absolute atomic E-state index is 0.101. The number of allylic oxidation sites excluding steroid dienone is 5. The summed E-state index contributed by atoms with van der Waals surface area (Å²) in [7, 11) is 0. The fourth-order valence-corrected chi connectivity index (χ4v) is 4.29. The number of nitrogens with one attached hydrogen (secondary N) is 1. The van der Waals surface area contributed by atoms with Gasteiger partial charge in [-0.05, 0) is 74.4 Å². The van der Waals surface area contributed by atoms with Crippen LogP contribution in [0.4, 0.5) is 5.82 Å². The molecule has 2 aromatic rings. The number of ketones is 1. The van der Waals surface area contributed by atoms with Crippen molar-refractivity contribution in [2.24, 2.45) is 5.92 Å². The molecule has 5 rings (SSSR count).